The zero-order chi connectivity index (χ0) is 14.1. The van der Waals surface area contributed by atoms with Crippen molar-refractivity contribution < 1.29 is 0 Å². The quantitative estimate of drug-likeness (QED) is 0.856. The van der Waals surface area contributed by atoms with Gasteiger partial charge in [0.05, 0.1) is 17.9 Å². The molecule has 0 spiro atoms. The molecule has 0 saturated heterocycles. The number of hydrogen-bond acceptors (Lipinski definition) is 2. The van der Waals surface area contributed by atoms with Crippen LogP contribution in [0.15, 0.2) is 12.3 Å². The molecule has 1 aliphatic rings. The summed E-state index contributed by atoms with van der Waals surface area (Å²) in [4.78, 5) is 4.73. The standard InChI is InChI=1S/C16H24N4/c1-4-12(2)20-10-9-14(18-20)11-19-13(3)17-15-7-5-6-8-16(15)19/h9-10,12H,4-8,11H2,1-3H3. The zero-order valence-corrected chi connectivity index (χ0v) is 12.8. The van der Waals surface area contributed by atoms with Crippen molar-refractivity contribution in [1.82, 2.24) is 19.3 Å². The third-order valence-corrected chi connectivity index (χ3v) is 4.45. The predicted molar refractivity (Wildman–Crippen MR) is 79.9 cm³/mol. The average Bonchev–Trinajstić information content (AvgIpc) is 3.04. The van der Waals surface area contributed by atoms with Crippen LogP contribution in [0.25, 0.3) is 0 Å². The minimum atomic E-state index is 0.474. The Labute approximate surface area is 120 Å². The lowest BCUT2D eigenvalue weighted by Gasteiger charge is -2.14. The normalized spacial score (nSPS) is 16.1. The molecule has 1 unspecified atom stereocenters. The van der Waals surface area contributed by atoms with Gasteiger partial charge in [0.25, 0.3) is 0 Å². The van der Waals surface area contributed by atoms with Crippen molar-refractivity contribution in [3.05, 3.63) is 35.2 Å². The molecule has 108 valence electrons. The van der Waals surface area contributed by atoms with E-state index in [1.165, 1.54) is 30.7 Å². The summed E-state index contributed by atoms with van der Waals surface area (Å²) in [5.74, 6) is 1.13. The van der Waals surface area contributed by atoms with Crippen molar-refractivity contribution >= 4 is 0 Å². The maximum absolute atomic E-state index is 4.73. The van der Waals surface area contributed by atoms with Crippen LogP contribution < -0.4 is 0 Å². The van der Waals surface area contributed by atoms with Crippen LogP contribution in [0.3, 0.4) is 0 Å². The van der Waals surface area contributed by atoms with Crippen molar-refractivity contribution in [3.8, 4) is 0 Å². The molecule has 0 fully saturated rings. The Kier molecular flexibility index (Phi) is 3.64. The van der Waals surface area contributed by atoms with Crippen LogP contribution in [0.4, 0.5) is 0 Å². The Hall–Kier alpha value is -1.58. The van der Waals surface area contributed by atoms with Crippen LogP contribution in [0.5, 0.6) is 0 Å². The molecule has 2 aromatic rings. The van der Waals surface area contributed by atoms with E-state index in [1.807, 2.05) is 0 Å². The number of hydrogen-bond donors (Lipinski definition) is 0. The zero-order valence-electron chi connectivity index (χ0n) is 12.8. The Morgan fingerprint density at radius 1 is 1.30 bits per heavy atom. The van der Waals surface area contributed by atoms with E-state index >= 15 is 0 Å². The summed E-state index contributed by atoms with van der Waals surface area (Å²) in [6.07, 6.45) is 8.10. The van der Waals surface area contributed by atoms with Gasteiger partial charge in [-0.05, 0) is 52.0 Å². The second-order valence-corrected chi connectivity index (χ2v) is 5.89. The summed E-state index contributed by atoms with van der Waals surface area (Å²) in [7, 11) is 0. The molecule has 3 rings (SSSR count). The van der Waals surface area contributed by atoms with Crippen LogP contribution in [-0.2, 0) is 19.4 Å². The molecule has 0 aromatic carbocycles. The molecule has 20 heavy (non-hydrogen) atoms. The largest absolute Gasteiger partial charge is 0.326 e. The number of rotatable bonds is 4. The number of nitrogens with zero attached hydrogens (tertiary/aromatic N) is 4. The maximum Gasteiger partial charge on any atom is 0.106 e. The van der Waals surface area contributed by atoms with Crippen LogP contribution in [0.2, 0.25) is 0 Å². The molecule has 0 amide bonds. The first-order valence-electron chi connectivity index (χ1n) is 7.78. The number of aromatic nitrogens is 4. The number of fused-ring (bicyclic) bond motifs is 1. The second kappa shape index (κ2) is 5.43. The van der Waals surface area contributed by atoms with Gasteiger partial charge in [-0.2, -0.15) is 5.10 Å². The van der Waals surface area contributed by atoms with E-state index in [2.05, 4.69) is 42.3 Å². The van der Waals surface area contributed by atoms with E-state index in [0.29, 0.717) is 6.04 Å². The van der Waals surface area contributed by atoms with Gasteiger partial charge in [-0.3, -0.25) is 4.68 Å². The lowest BCUT2D eigenvalue weighted by Crippen LogP contribution is -2.11. The van der Waals surface area contributed by atoms with Crippen molar-refractivity contribution in [2.45, 2.75) is 65.5 Å². The first-order chi connectivity index (χ1) is 9.69. The van der Waals surface area contributed by atoms with E-state index in [0.717, 1.165) is 30.9 Å². The van der Waals surface area contributed by atoms with Crippen LogP contribution in [0, 0.1) is 6.92 Å². The fraction of sp³-hybridized carbons (Fsp3) is 0.625. The van der Waals surface area contributed by atoms with Crippen molar-refractivity contribution in [2.75, 3.05) is 0 Å². The van der Waals surface area contributed by atoms with E-state index in [1.54, 1.807) is 0 Å². The monoisotopic (exact) mass is 272 g/mol. The van der Waals surface area contributed by atoms with Gasteiger partial charge in [0.15, 0.2) is 0 Å². The lowest BCUT2D eigenvalue weighted by atomic mass is 10.0. The summed E-state index contributed by atoms with van der Waals surface area (Å²) in [5.41, 5.74) is 3.89. The van der Waals surface area contributed by atoms with E-state index in [9.17, 15) is 0 Å². The molecule has 0 aliphatic heterocycles. The molecule has 2 heterocycles. The molecule has 0 saturated carbocycles. The van der Waals surface area contributed by atoms with Crippen molar-refractivity contribution in [1.29, 1.82) is 0 Å². The Morgan fingerprint density at radius 2 is 2.10 bits per heavy atom. The van der Waals surface area contributed by atoms with E-state index < -0.39 is 0 Å². The minimum absolute atomic E-state index is 0.474. The molecule has 1 atom stereocenters. The molecule has 0 N–H and O–H groups in total. The highest BCUT2D eigenvalue weighted by molar-refractivity contribution is 5.21. The van der Waals surface area contributed by atoms with Crippen molar-refractivity contribution in [3.63, 3.8) is 0 Å². The highest BCUT2D eigenvalue weighted by Gasteiger charge is 2.18. The van der Waals surface area contributed by atoms with E-state index in [-0.39, 0.29) is 0 Å². The van der Waals surface area contributed by atoms with Gasteiger partial charge in [0.2, 0.25) is 0 Å². The minimum Gasteiger partial charge on any atom is -0.326 e. The lowest BCUT2D eigenvalue weighted by molar-refractivity contribution is 0.471. The second-order valence-electron chi connectivity index (χ2n) is 5.89. The van der Waals surface area contributed by atoms with Crippen LogP contribution >= 0.6 is 0 Å². The first kappa shape index (κ1) is 13.4. The van der Waals surface area contributed by atoms with Gasteiger partial charge in [0, 0.05) is 17.9 Å². The summed E-state index contributed by atoms with van der Waals surface area (Å²) in [5, 5.41) is 4.71. The highest BCUT2D eigenvalue weighted by atomic mass is 15.3. The summed E-state index contributed by atoms with van der Waals surface area (Å²) in [6.45, 7) is 7.38. The van der Waals surface area contributed by atoms with Gasteiger partial charge in [-0.1, -0.05) is 6.92 Å². The molecular formula is C16H24N4. The smallest absolute Gasteiger partial charge is 0.106 e. The third-order valence-electron chi connectivity index (χ3n) is 4.45. The van der Waals surface area contributed by atoms with Gasteiger partial charge in [-0.25, -0.2) is 4.98 Å². The van der Waals surface area contributed by atoms with Crippen molar-refractivity contribution in [2.24, 2.45) is 0 Å². The molecular weight excluding hydrogens is 248 g/mol. The Balaban J connectivity index is 1.84. The SMILES string of the molecule is CCC(C)n1ccc(Cn2c(C)nc3c2CCCC3)n1. The first-order valence-corrected chi connectivity index (χ1v) is 7.78. The fourth-order valence-corrected chi connectivity index (χ4v) is 3.00. The molecule has 4 heteroatoms. The molecule has 2 aromatic heterocycles. The Bertz CT molecular complexity index is 594. The third kappa shape index (κ3) is 2.39. The van der Waals surface area contributed by atoms with Gasteiger partial charge >= 0.3 is 0 Å². The summed E-state index contributed by atoms with van der Waals surface area (Å²) in [6, 6.07) is 2.61. The fourth-order valence-electron chi connectivity index (χ4n) is 3.00. The highest BCUT2D eigenvalue weighted by Crippen LogP contribution is 2.23. The summed E-state index contributed by atoms with van der Waals surface area (Å²) >= 11 is 0. The van der Waals surface area contributed by atoms with Gasteiger partial charge in [-0.15, -0.1) is 0 Å². The average molecular weight is 272 g/mol. The van der Waals surface area contributed by atoms with Gasteiger partial charge < -0.3 is 4.57 Å². The maximum atomic E-state index is 4.73. The number of imidazole rings is 1. The molecule has 0 radical (unpaired) electrons. The van der Waals surface area contributed by atoms with Crippen LogP contribution in [-0.4, -0.2) is 19.3 Å². The molecule has 0 bridgehead atoms. The molecule has 4 nitrogen and oxygen atoms in total. The van der Waals surface area contributed by atoms with Crippen LogP contribution in [0.1, 0.15) is 62.1 Å². The topological polar surface area (TPSA) is 35.6 Å². The number of aryl methyl sites for hydroxylation is 2. The van der Waals surface area contributed by atoms with Gasteiger partial charge in [0.1, 0.15) is 5.82 Å². The Morgan fingerprint density at radius 3 is 2.90 bits per heavy atom. The van der Waals surface area contributed by atoms with E-state index in [4.69, 9.17) is 10.1 Å². The summed E-state index contributed by atoms with van der Waals surface area (Å²) < 4.78 is 4.44. The predicted octanol–water partition coefficient (Wildman–Crippen LogP) is 3.29. The molecule has 1 aliphatic carbocycles.